The quantitative estimate of drug-likeness (QED) is 0.612. The lowest BCUT2D eigenvalue weighted by atomic mass is 10.1. The number of hydrogen-bond donors (Lipinski definition) is 1. The van der Waals surface area contributed by atoms with E-state index in [1.807, 2.05) is 0 Å². The molecule has 2 aliphatic rings. The predicted molar refractivity (Wildman–Crippen MR) is 68.8 cm³/mol. The van der Waals surface area contributed by atoms with E-state index in [-0.39, 0.29) is 18.8 Å². The first kappa shape index (κ1) is 13.6. The zero-order chi connectivity index (χ0) is 13.0. The molecule has 3 nitrogen and oxygen atoms in total. The number of nitrogens with two attached hydrogens (primary N) is 1. The van der Waals surface area contributed by atoms with Gasteiger partial charge in [-0.1, -0.05) is 12.8 Å². The lowest BCUT2D eigenvalue weighted by Gasteiger charge is -2.21. The van der Waals surface area contributed by atoms with E-state index in [1.165, 1.54) is 12.8 Å². The molecular weight excluding hydrogens is 236 g/mol. The molecule has 0 amide bonds. The van der Waals surface area contributed by atoms with Crippen LogP contribution in [0.5, 0.6) is 0 Å². The Bertz CT molecular complexity index is 297. The molecule has 2 fully saturated rings. The Hall–Kier alpha value is -0.870. The summed E-state index contributed by atoms with van der Waals surface area (Å²) < 4.78 is 26.1. The molecular formula is C13H23F2N3. The molecule has 1 atom stereocenters. The highest BCUT2D eigenvalue weighted by atomic mass is 19.3. The van der Waals surface area contributed by atoms with Gasteiger partial charge in [-0.2, -0.15) is 0 Å². The molecule has 18 heavy (non-hydrogen) atoms. The van der Waals surface area contributed by atoms with Gasteiger partial charge in [0.15, 0.2) is 5.96 Å². The van der Waals surface area contributed by atoms with E-state index in [0.717, 1.165) is 25.9 Å². The minimum absolute atomic E-state index is 0.00512. The van der Waals surface area contributed by atoms with Crippen LogP contribution in [0, 0.1) is 5.92 Å². The predicted octanol–water partition coefficient (Wildman–Crippen LogP) is 2.61. The van der Waals surface area contributed by atoms with E-state index < -0.39 is 5.92 Å². The van der Waals surface area contributed by atoms with Crippen molar-refractivity contribution in [2.24, 2.45) is 16.6 Å². The monoisotopic (exact) mass is 259 g/mol. The van der Waals surface area contributed by atoms with Crippen molar-refractivity contribution in [3.05, 3.63) is 0 Å². The van der Waals surface area contributed by atoms with Crippen molar-refractivity contribution >= 4 is 5.96 Å². The minimum atomic E-state index is -2.47. The maximum Gasteiger partial charge on any atom is 0.248 e. The van der Waals surface area contributed by atoms with Crippen molar-refractivity contribution < 1.29 is 8.78 Å². The van der Waals surface area contributed by atoms with Gasteiger partial charge in [-0.3, -0.25) is 4.99 Å². The lowest BCUT2D eigenvalue weighted by Crippen LogP contribution is -2.38. The summed E-state index contributed by atoms with van der Waals surface area (Å²) in [4.78, 5) is 6.42. The Morgan fingerprint density at radius 3 is 2.44 bits per heavy atom. The molecule has 0 radical (unpaired) electrons. The van der Waals surface area contributed by atoms with Crippen LogP contribution in [-0.4, -0.2) is 36.4 Å². The second kappa shape index (κ2) is 5.85. The first-order valence-corrected chi connectivity index (χ1v) is 6.99. The van der Waals surface area contributed by atoms with Gasteiger partial charge in [0.2, 0.25) is 5.92 Å². The van der Waals surface area contributed by atoms with Crippen molar-refractivity contribution in [2.75, 3.05) is 19.6 Å². The zero-order valence-corrected chi connectivity index (χ0v) is 10.9. The summed E-state index contributed by atoms with van der Waals surface area (Å²) in [6.45, 7) is 2.37. The van der Waals surface area contributed by atoms with Crippen LogP contribution in [0.2, 0.25) is 0 Å². The first-order chi connectivity index (χ1) is 8.57. The molecule has 1 aliphatic heterocycles. The van der Waals surface area contributed by atoms with Gasteiger partial charge in [0.05, 0.1) is 0 Å². The molecule has 1 saturated carbocycles. The summed E-state index contributed by atoms with van der Waals surface area (Å²) in [7, 11) is 0. The molecule has 2 N–H and O–H groups in total. The van der Waals surface area contributed by atoms with Crippen LogP contribution in [0.3, 0.4) is 0 Å². The summed E-state index contributed by atoms with van der Waals surface area (Å²) in [5, 5.41) is 0. The Kier molecular flexibility index (Phi) is 4.40. The van der Waals surface area contributed by atoms with E-state index in [9.17, 15) is 8.78 Å². The van der Waals surface area contributed by atoms with E-state index in [1.54, 1.807) is 0 Å². The molecule has 0 bridgehead atoms. The molecule has 1 aliphatic carbocycles. The number of hydrogen-bond acceptors (Lipinski definition) is 1. The average molecular weight is 259 g/mol. The molecule has 104 valence electrons. The van der Waals surface area contributed by atoms with Crippen LogP contribution < -0.4 is 5.73 Å². The number of rotatable bonds is 2. The van der Waals surface area contributed by atoms with Gasteiger partial charge in [0, 0.05) is 32.5 Å². The fourth-order valence-electron chi connectivity index (χ4n) is 2.82. The summed E-state index contributed by atoms with van der Waals surface area (Å²) in [5.41, 5.74) is 5.95. The fourth-order valence-corrected chi connectivity index (χ4v) is 2.82. The van der Waals surface area contributed by atoms with Crippen molar-refractivity contribution in [1.82, 2.24) is 4.90 Å². The maximum absolute atomic E-state index is 13.0. The smallest absolute Gasteiger partial charge is 0.248 e. The van der Waals surface area contributed by atoms with Crippen molar-refractivity contribution in [3.63, 3.8) is 0 Å². The molecule has 0 aromatic carbocycles. The highest BCUT2D eigenvalue weighted by Crippen LogP contribution is 2.38. The average Bonchev–Trinajstić information content (AvgIpc) is 2.57. The summed E-state index contributed by atoms with van der Waals surface area (Å²) >= 11 is 0. The Morgan fingerprint density at radius 2 is 1.89 bits per heavy atom. The van der Waals surface area contributed by atoms with E-state index in [2.05, 4.69) is 9.89 Å². The van der Waals surface area contributed by atoms with Crippen LogP contribution in [-0.2, 0) is 0 Å². The third-order valence-electron chi connectivity index (χ3n) is 3.95. The third kappa shape index (κ3) is 3.82. The van der Waals surface area contributed by atoms with Crippen LogP contribution in [0.4, 0.5) is 8.78 Å². The summed E-state index contributed by atoms with van der Waals surface area (Å²) in [6, 6.07) is 0. The van der Waals surface area contributed by atoms with E-state index in [4.69, 9.17) is 5.73 Å². The van der Waals surface area contributed by atoms with Crippen LogP contribution >= 0.6 is 0 Å². The molecule has 5 heteroatoms. The lowest BCUT2D eigenvalue weighted by molar-refractivity contribution is 0.00541. The topological polar surface area (TPSA) is 41.6 Å². The van der Waals surface area contributed by atoms with Gasteiger partial charge in [0.1, 0.15) is 0 Å². The van der Waals surface area contributed by atoms with Gasteiger partial charge >= 0.3 is 0 Å². The fraction of sp³-hybridized carbons (Fsp3) is 0.923. The van der Waals surface area contributed by atoms with Gasteiger partial charge in [0.25, 0.3) is 0 Å². The van der Waals surface area contributed by atoms with Gasteiger partial charge in [-0.05, 0) is 25.2 Å². The van der Waals surface area contributed by atoms with Crippen molar-refractivity contribution in [1.29, 1.82) is 0 Å². The van der Waals surface area contributed by atoms with E-state index in [0.29, 0.717) is 18.9 Å². The molecule has 0 aromatic rings. The van der Waals surface area contributed by atoms with E-state index >= 15 is 0 Å². The number of likely N-dealkylation sites (tertiary alicyclic amines) is 1. The molecule has 0 aromatic heterocycles. The Balaban J connectivity index is 1.81. The Labute approximate surface area is 107 Å². The Morgan fingerprint density at radius 1 is 1.22 bits per heavy atom. The first-order valence-electron chi connectivity index (χ1n) is 6.99. The molecule has 0 spiro atoms. The number of nitrogens with zero attached hydrogens (tertiary/aromatic N) is 2. The summed E-state index contributed by atoms with van der Waals surface area (Å²) in [6.07, 6.45) is 5.36. The second-order valence-electron chi connectivity index (χ2n) is 5.56. The number of guanidine groups is 1. The van der Waals surface area contributed by atoms with Crippen LogP contribution in [0.25, 0.3) is 0 Å². The standard InChI is InChI=1S/C13H23F2N3/c14-13(15)6-5-11(9-13)10-17-12(16)18-7-3-1-2-4-8-18/h11H,1-10H2,(H2,16,17). The van der Waals surface area contributed by atoms with Crippen LogP contribution in [0.1, 0.15) is 44.9 Å². The molecule has 1 saturated heterocycles. The van der Waals surface area contributed by atoms with Crippen molar-refractivity contribution in [3.8, 4) is 0 Å². The van der Waals surface area contributed by atoms with Crippen LogP contribution in [0.15, 0.2) is 4.99 Å². The number of halogens is 2. The summed E-state index contributed by atoms with van der Waals surface area (Å²) in [5.74, 6) is -1.92. The minimum Gasteiger partial charge on any atom is -0.370 e. The largest absolute Gasteiger partial charge is 0.370 e. The highest BCUT2D eigenvalue weighted by Gasteiger charge is 2.39. The molecule has 1 heterocycles. The number of alkyl halides is 2. The molecule has 2 rings (SSSR count). The highest BCUT2D eigenvalue weighted by molar-refractivity contribution is 5.78. The maximum atomic E-state index is 13.0. The van der Waals surface area contributed by atoms with Gasteiger partial charge in [-0.25, -0.2) is 8.78 Å². The number of aliphatic imine (C=N–C) groups is 1. The van der Waals surface area contributed by atoms with Crippen molar-refractivity contribution in [2.45, 2.75) is 50.9 Å². The molecule has 1 unspecified atom stereocenters. The second-order valence-corrected chi connectivity index (χ2v) is 5.56. The SMILES string of the molecule is NC(=NCC1CCC(F)(F)C1)N1CCCCCC1. The van der Waals surface area contributed by atoms with Gasteiger partial charge in [-0.15, -0.1) is 0 Å². The zero-order valence-electron chi connectivity index (χ0n) is 10.9. The normalized spacial score (nSPS) is 29.3. The van der Waals surface area contributed by atoms with Gasteiger partial charge < -0.3 is 10.6 Å². The third-order valence-corrected chi connectivity index (χ3v) is 3.95.